The number of carbonyl (C=O) groups is 1. The van der Waals surface area contributed by atoms with Gasteiger partial charge in [0.2, 0.25) is 0 Å². The minimum absolute atomic E-state index is 0.0886. The van der Waals surface area contributed by atoms with Gasteiger partial charge in [0.1, 0.15) is 18.1 Å². The van der Waals surface area contributed by atoms with Crippen LogP contribution in [0.1, 0.15) is 87.3 Å². The molecule has 3 aliphatic carbocycles. The van der Waals surface area contributed by atoms with Crippen molar-refractivity contribution in [3.8, 4) is 11.5 Å². The first-order chi connectivity index (χ1) is 19.3. The van der Waals surface area contributed by atoms with Crippen LogP contribution < -0.4 is 9.47 Å². The maximum Gasteiger partial charge on any atom is 0.308 e. The molecule has 6 rings (SSSR count). The zero-order valence-electron chi connectivity index (χ0n) is 24.2. The van der Waals surface area contributed by atoms with Crippen molar-refractivity contribution in [1.82, 2.24) is 4.90 Å². The first kappa shape index (κ1) is 27.5. The fourth-order valence-electron chi connectivity index (χ4n) is 9.05. The minimum atomic E-state index is -0.291. The molecule has 1 aliphatic heterocycles. The molecule has 1 heterocycles. The second-order valence-corrected chi connectivity index (χ2v) is 13.0. The summed E-state index contributed by atoms with van der Waals surface area (Å²) in [6, 6.07) is 15.0. The number of hydrogen-bond donors (Lipinski definition) is 1. The van der Waals surface area contributed by atoms with Crippen molar-refractivity contribution in [2.45, 2.75) is 83.2 Å². The van der Waals surface area contributed by atoms with Crippen LogP contribution in [-0.2, 0) is 11.2 Å². The molecule has 2 aromatic rings. The van der Waals surface area contributed by atoms with Gasteiger partial charge >= 0.3 is 5.97 Å². The number of aliphatic hydroxyl groups excluding tert-OH is 1. The zero-order valence-corrected chi connectivity index (χ0v) is 24.2. The molecule has 0 radical (unpaired) electrons. The molecule has 6 atom stereocenters. The first-order valence-electron chi connectivity index (χ1n) is 15.4. The van der Waals surface area contributed by atoms with Crippen LogP contribution in [0.4, 0.5) is 0 Å². The van der Waals surface area contributed by atoms with Gasteiger partial charge in [0.25, 0.3) is 0 Å². The average molecular weight is 544 g/mol. The second-order valence-electron chi connectivity index (χ2n) is 13.0. The van der Waals surface area contributed by atoms with Gasteiger partial charge in [-0.05, 0) is 122 Å². The molecular weight excluding hydrogens is 498 g/mol. The summed E-state index contributed by atoms with van der Waals surface area (Å²) < 4.78 is 11.6. The van der Waals surface area contributed by atoms with E-state index in [-0.39, 0.29) is 34.7 Å². The molecule has 3 fully saturated rings. The Balaban J connectivity index is 1.31. The van der Waals surface area contributed by atoms with E-state index in [0.29, 0.717) is 11.7 Å². The minimum Gasteiger partial charge on any atom is -0.492 e. The highest BCUT2D eigenvalue weighted by molar-refractivity contribution is 5.69. The summed E-state index contributed by atoms with van der Waals surface area (Å²) in [6.07, 6.45) is 10.7. The number of nitrogens with zero attached hydrogens (tertiary/aromatic N) is 1. The Hall–Kier alpha value is -2.63. The van der Waals surface area contributed by atoms with Crippen molar-refractivity contribution in [2.75, 3.05) is 26.2 Å². The highest BCUT2D eigenvalue weighted by atomic mass is 16.5. The molecule has 5 heteroatoms. The molecule has 2 aromatic carbocycles. The number of allylic oxidation sites excluding steroid dienone is 1. The number of piperidine rings is 1. The molecule has 1 saturated heterocycles. The summed E-state index contributed by atoms with van der Waals surface area (Å²) in [5, 5.41) is 11.3. The van der Waals surface area contributed by atoms with Gasteiger partial charge in [-0.2, -0.15) is 0 Å². The van der Waals surface area contributed by atoms with E-state index in [1.807, 2.05) is 6.07 Å². The quantitative estimate of drug-likeness (QED) is 0.241. The number of benzene rings is 2. The van der Waals surface area contributed by atoms with E-state index in [2.05, 4.69) is 60.9 Å². The number of fused-ring (bicyclic) bond motifs is 5. The maximum absolute atomic E-state index is 11.6. The van der Waals surface area contributed by atoms with Gasteiger partial charge < -0.3 is 14.6 Å². The van der Waals surface area contributed by atoms with E-state index in [1.54, 1.807) is 0 Å². The predicted octanol–water partition coefficient (Wildman–Crippen LogP) is 6.64. The van der Waals surface area contributed by atoms with Crippen LogP contribution in [0.3, 0.4) is 0 Å². The van der Waals surface area contributed by atoms with E-state index < -0.39 is 0 Å². The highest BCUT2D eigenvalue weighted by Gasteiger charge is 2.63. The second kappa shape index (κ2) is 11.0. The number of aliphatic hydroxyl groups is 1. The first-order valence-corrected chi connectivity index (χ1v) is 15.4. The average Bonchev–Trinajstić information content (AvgIpc) is 3.27. The lowest BCUT2D eigenvalue weighted by Crippen LogP contribution is -2.53. The number of esters is 1. The molecule has 0 amide bonds. The number of aryl methyl sites for hydroxylation is 1. The molecule has 1 N–H and O–H groups in total. The third-order valence-corrected chi connectivity index (χ3v) is 10.9. The van der Waals surface area contributed by atoms with Crippen LogP contribution in [-0.4, -0.2) is 48.3 Å². The highest BCUT2D eigenvalue weighted by Crippen LogP contribution is 2.71. The monoisotopic (exact) mass is 543 g/mol. The van der Waals surface area contributed by atoms with Gasteiger partial charge in [0.15, 0.2) is 0 Å². The lowest BCUT2D eigenvalue weighted by atomic mass is 9.44. The van der Waals surface area contributed by atoms with E-state index in [4.69, 9.17) is 9.47 Å². The predicted molar refractivity (Wildman–Crippen MR) is 158 cm³/mol. The summed E-state index contributed by atoms with van der Waals surface area (Å²) >= 11 is 0. The fourth-order valence-corrected chi connectivity index (χ4v) is 9.05. The normalized spacial score (nSPS) is 33.4. The van der Waals surface area contributed by atoms with Crippen molar-refractivity contribution in [1.29, 1.82) is 0 Å². The Morgan fingerprint density at radius 2 is 1.85 bits per heavy atom. The Morgan fingerprint density at radius 3 is 2.58 bits per heavy atom. The lowest BCUT2D eigenvalue weighted by molar-refractivity contribution is -0.131. The molecule has 0 spiro atoms. The number of rotatable bonds is 7. The van der Waals surface area contributed by atoms with E-state index >= 15 is 0 Å². The molecule has 4 aliphatic rings. The number of likely N-dealkylation sites (tertiary alicyclic amines) is 1. The Labute approximate surface area is 239 Å². The third-order valence-electron chi connectivity index (χ3n) is 10.9. The molecule has 5 nitrogen and oxygen atoms in total. The molecule has 214 valence electrons. The van der Waals surface area contributed by atoms with E-state index in [9.17, 15) is 9.90 Å². The largest absolute Gasteiger partial charge is 0.492 e. The topological polar surface area (TPSA) is 59.0 Å². The van der Waals surface area contributed by atoms with Crippen LogP contribution in [0.5, 0.6) is 11.5 Å². The molecule has 2 saturated carbocycles. The van der Waals surface area contributed by atoms with Gasteiger partial charge in [0, 0.05) is 19.4 Å². The van der Waals surface area contributed by atoms with Crippen LogP contribution in [0.15, 0.2) is 55.1 Å². The Morgan fingerprint density at radius 1 is 1.10 bits per heavy atom. The Kier molecular flexibility index (Phi) is 7.56. The molecule has 2 unspecified atom stereocenters. The zero-order chi connectivity index (χ0) is 27.9. The fraction of sp³-hybridized carbons (Fsp3) is 0.571. The SMILES string of the molecule is C=C[C@@]12CCc3cc(OC(C)=O)ccc3C1[C@@H](c1ccc(OCCN3CCCCC3)cc1)C[C@@]1(C)C2CC[C@@H]1O. The van der Waals surface area contributed by atoms with Gasteiger partial charge in [-0.25, -0.2) is 0 Å². The van der Waals surface area contributed by atoms with E-state index in [0.717, 1.165) is 51.0 Å². The summed E-state index contributed by atoms with van der Waals surface area (Å²) in [5.74, 6) is 2.15. The van der Waals surface area contributed by atoms with Gasteiger partial charge in [0.05, 0.1) is 6.10 Å². The summed E-state index contributed by atoms with van der Waals surface area (Å²) in [6.45, 7) is 12.3. The third kappa shape index (κ3) is 4.79. The lowest BCUT2D eigenvalue weighted by Gasteiger charge is -2.60. The Bertz CT molecular complexity index is 1230. The van der Waals surface area contributed by atoms with Crippen molar-refractivity contribution < 1.29 is 19.4 Å². The molecule has 0 aromatic heterocycles. The van der Waals surface area contributed by atoms with Crippen LogP contribution in [0.25, 0.3) is 0 Å². The van der Waals surface area contributed by atoms with Crippen molar-refractivity contribution in [2.24, 2.45) is 16.7 Å². The van der Waals surface area contributed by atoms with E-state index in [1.165, 1.54) is 56.0 Å². The summed E-state index contributed by atoms with van der Waals surface area (Å²) in [5.41, 5.74) is 3.68. The number of ether oxygens (including phenoxy) is 2. The van der Waals surface area contributed by atoms with Gasteiger partial charge in [-0.15, -0.1) is 6.58 Å². The summed E-state index contributed by atoms with van der Waals surface area (Å²) in [7, 11) is 0. The number of hydrogen-bond acceptors (Lipinski definition) is 5. The van der Waals surface area contributed by atoms with Crippen LogP contribution in [0, 0.1) is 16.7 Å². The van der Waals surface area contributed by atoms with Crippen molar-refractivity contribution in [3.05, 3.63) is 71.8 Å². The van der Waals surface area contributed by atoms with Gasteiger partial charge in [-0.3, -0.25) is 9.69 Å². The molecule has 0 bridgehead atoms. The van der Waals surface area contributed by atoms with Gasteiger partial charge in [-0.1, -0.05) is 37.6 Å². The maximum atomic E-state index is 11.6. The standard InChI is InChI=1S/C35H45NO4/c1-4-35-17-16-26-22-28(40-24(2)37)12-13-29(26)33(35)30(23-34(3)31(35)14-15-32(34)38)25-8-10-27(11-9-25)39-21-20-36-18-6-5-7-19-36/h4,8-13,22,30-33,38H,1,5-7,14-21,23H2,2-3H3/t30-,31?,32+,33?,34+,35+/m1/s1. The molecular formula is C35H45NO4. The summed E-state index contributed by atoms with van der Waals surface area (Å²) in [4.78, 5) is 14.1. The van der Waals surface area contributed by atoms with Crippen LogP contribution >= 0.6 is 0 Å². The van der Waals surface area contributed by atoms with Crippen molar-refractivity contribution >= 4 is 5.97 Å². The number of carbonyl (C=O) groups excluding carboxylic acids is 1. The molecule has 40 heavy (non-hydrogen) atoms. The van der Waals surface area contributed by atoms with Crippen LogP contribution in [0.2, 0.25) is 0 Å². The van der Waals surface area contributed by atoms with Crippen molar-refractivity contribution in [3.63, 3.8) is 0 Å². The smallest absolute Gasteiger partial charge is 0.308 e.